The second-order valence-corrected chi connectivity index (χ2v) is 5.48. The highest BCUT2D eigenvalue weighted by atomic mass is 35.5. The normalized spacial score (nSPS) is 9.89. The molecule has 1 aromatic carbocycles. The summed E-state index contributed by atoms with van der Waals surface area (Å²) in [6.45, 7) is 0. The third-order valence-electron chi connectivity index (χ3n) is 2.24. The lowest BCUT2D eigenvalue weighted by molar-refractivity contribution is 1.05. The molecule has 5 heteroatoms. The molecule has 1 heterocycles. The van der Waals surface area contributed by atoms with Gasteiger partial charge in [0.25, 0.3) is 0 Å². The van der Waals surface area contributed by atoms with E-state index in [0.717, 1.165) is 22.8 Å². The van der Waals surface area contributed by atoms with E-state index in [1.807, 2.05) is 42.6 Å². The molecule has 96 valence electrons. The van der Waals surface area contributed by atoms with Crippen LogP contribution in [0.25, 0.3) is 0 Å². The molecule has 0 aliphatic carbocycles. The third-order valence-corrected chi connectivity index (χ3v) is 3.98. The van der Waals surface area contributed by atoms with Gasteiger partial charge in [-0.3, -0.25) is 4.98 Å². The van der Waals surface area contributed by atoms with Crippen LogP contribution >= 0.6 is 47.4 Å². The average molecular weight is 321 g/mol. The van der Waals surface area contributed by atoms with Crippen molar-refractivity contribution in [2.75, 3.05) is 5.75 Å². The molecule has 18 heavy (non-hydrogen) atoms. The number of nitrogens with zero attached hydrogens (tertiary/aromatic N) is 1. The summed E-state index contributed by atoms with van der Waals surface area (Å²) in [6, 6.07) is 11.7. The molecule has 0 aliphatic heterocycles. The van der Waals surface area contributed by atoms with Gasteiger partial charge in [0.15, 0.2) is 0 Å². The minimum atomic E-state index is 0. The zero-order valence-corrected chi connectivity index (χ0v) is 12.6. The topological polar surface area (TPSA) is 12.9 Å². The quantitative estimate of drug-likeness (QED) is 0.723. The number of halogens is 3. The van der Waals surface area contributed by atoms with Gasteiger partial charge in [0.05, 0.1) is 10.0 Å². The summed E-state index contributed by atoms with van der Waals surface area (Å²) in [5, 5.41) is 1.20. The van der Waals surface area contributed by atoms with Crippen LogP contribution in [0.15, 0.2) is 47.5 Å². The van der Waals surface area contributed by atoms with E-state index in [-0.39, 0.29) is 12.4 Å². The van der Waals surface area contributed by atoms with E-state index in [0.29, 0.717) is 10.0 Å². The predicted octanol–water partition coefficient (Wildman–Crippen LogP) is 5.15. The van der Waals surface area contributed by atoms with Crippen molar-refractivity contribution in [3.8, 4) is 0 Å². The van der Waals surface area contributed by atoms with Crippen LogP contribution in [0.5, 0.6) is 0 Å². The fraction of sp³-hybridized carbons (Fsp3) is 0.154. The van der Waals surface area contributed by atoms with Gasteiger partial charge in [0.1, 0.15) is 0 Å². The van der Waals surface area contributed by atoms with Gasteiger partial charge < -0.3 is 0 Å². The van der Waals surface area contributed by atoms with Crippen LogP contribution in [-0.4, -0.2) is 10.7 Å². The molecule has 0 radical (unpaired) electrons. The largest absolute Gasteiger partial charge is 0.261 e. The smallest absolute Gasteiger partial charge is 0.0603 e. The third kappa shape index (κ3) is 4.69. The first kappa shape index (κ1) is 15.6. The van der Waals surface area contributed by atoms with Gasteiger partial charge >= 0.3 is 0 Å². The molecule has 2 aromatic rings. The van der Waals surface area contributed by atoms with Crippen LogP contribution in [-0.2, 0) is 6.42 Å². The van der Waals surface area contributed by atoms with E-state index in [2.05, 4.69) is 4.98 Å². The predicted molar refractivity (Wildman–Crippen MR) is 82.4 cm³/mol. The monoisotopic (exact) mass is 319 g/mol. The maximum atomic E-state index is 5.95. The maximum Gasteiger partial charge on any atom is 0.0603 e. The Labute approximate surface area is 127 Å². The van der Waals surface area contributed by atoms with Gasteiger partial charge in [0.2, 0.25) is 0 Å². The molecule has 1 nitrogen and oxygen atoms in total. The molecule has 2 rings (SSSR count). The highest BCUT2D eigenvalue weighted by Crippen LogP contribution is 2.28. The number of aromatic nitrogens is 1. The molecule has 0 spiro atoms. The zero-order valence-electron chi connectivity index (χ0n) is 9.48. The number of thioether (sulfide) groups is 1. The van der Waals surface area contributed by atoms with E-state index >= 15 is 0 Å². The number of pyridine rings is 1. The maximum absolute atomic E-state index is 5.95. The van der Waals surface area contributed by atoms with Crippen molar-refractivity contribution in [2.24, 2.45) is 0 Å². The van der Waals surface area contributed by atoms with E-state index in [9.17, 15) is 0 Å². The van der Waals surface area contributed by atoms with Crippen molar-refractivity contribution in [3.63, 3.8) is 0 Å². The molecule has 0 saturated carbocycles. The molecule has 0 saturated heterocycles. The standard InChI is InChI=1S/C13H11Cl2NS.ClH/c14-12-5-4-11(9-13(12)15)17-8-6-10-3-1-2-7-16-10;/h1-5,7,9H,6,8H2;1H. The highest BCUT2D eigenvalue weighted by molar-refractivity contribution is 7.99. The molecule has 0 N–H and O–H groups in total. The van der Waals surface area contributed by atoms with Gasteiger partial charge in [-0.2, -0.15) is 0 Å². The highest BCUT2D eigenvalue weighted by Gasteiger charge is 2.00. The average Bonchev–Trinajstić information content (AvgIpc) is 2.35. The fourth-order valence-corrected chi connectivity index (χ4v) is 2.66. The van der Waals surface area contributed by atoms with Crippen LogP contribution in [0.4, 0.5) is 0 Å². The summed E-state index contributed by atoms with van der Waals surface area (Å²) in [5.74, 6) is 0.981. The van der Waals surface area contributed by atoms with Crippen molar-refractivity contribution in [3.05, 3.63) is 58.3 Å². The van der Waals surface area contributed by atoms with Crippen molar-refractivity contribution < 1.29 is 0 Å². The van der Waals surface area contributed by atoms with Gasteiger partial charge in [-0.25, -0.2) is 0 Å². The number of benzene rings is 1. The van der Waals surface area contributed by atoms with Crippen LogP contribution in [0.2, 0.25) is 10.0 Å². The minimum absolute atomic E-state index is 0. The second kappa shape index (κ2) is 7.90. The molecule has 0 amide bonds. The van der Waals surface area contributed by atoms with Crippen LogP contribution in [0.1, 0.15) is 5.69 Å². The Morgan fingerprint density at radius 1 is 1.06 bits per heavy atom. The Morgan fingerprint density at radius 3 is 2.56 bits per heavy atom. The zero-order chi connectivity index (χ0) is 12.1. The Morgan fingerprint density at radius 2 is 1.89 bits per heavy atom. The van der Waals surface area contributed by atoms with Gasteiger partial charge in [-0.05, 0) is 36.8 Å². The number of hydrogen-bond donors (Lipinski definition) is 0. The molecular formula is C13H12Cl3NS. The first-order chi connectivity index (χ1) is 8.25. The Bertz CT molecular complexity index is 491. The van der Waals surface area contributed by atoms with Gasteiger partial charge in [0, 0.05) is 22.5 Å². The summed E-state index contributed by atoms with van der Waals surface area (Å²) in [5.41, 5.74) is 1.11. The van der Waals surface area contributed by atoms with Crippen LogP contribution < -0.4 is 0 Å². The fourth-order valence-electron chi connectivity index (χ4n) is 1.39. The van der Waals surface area contributed by atoms with E-state index in [1.54, 1.807) is 11.8 Å². The van der Waals surface area contributed by atoms with Gasteiger partial charge in [-0.15, -0.1) is 24.2 Å². The SMILES string of the molecule is Cl.Clc1ccc(SCCc2ccccn2)cc1Cl. The summed E-state index contributed by atoms with van der Waals surface area (Å²) in [6.07, 6.45) is 2.77. The summed E-state index contributed by atoms with van der Waals surface area (Å²) < 4.78 is 0. The lowest BCUT2D eigenvalue weighted by atomic mass is 10.3. The van der Waals surface area contributed by atoms with Crippen LogP contribution in [0.3, 0.4) is 0 Å². The Balaban J connectivity index is 0.00000162. The number of aryl methyl sites for hydroxylation is 1. The van der Waals surface area contributed by atoms with E-state index < -0.39 is 0 Å². The van der Waals surface area contributed by atoms with Crippen molar-refractivity contribution in [2.45, 2.75) is 11.3 Å². The number of rotatable bonds is 4. The van der Waals surface area contributed by atoms with Gasteiger partial charge in [-0.1, -0.05) is 29.3 Å². The number of hydrogen-bond acceptors (Lipinski definition) is 2. The van der Waals surface area contributed by atoms with Crippen molar-refractivity contribution in [1.82, 2.24) is 4.98 Å². The Hall–Kier alpha value is -0.410. The van der Waals surface area contributed by atoms with E-state index in [4.69, 9.17) is 23.2 Å². The molecule has 0 atom stereocenters. The molecule has 0 aliphatic rings. The van der Waals surface area contributed by atoms with Crippen molar-refractivity contribution >= 4 is 47.4 Å². The van der Waals surface area contributed by atoms with Crippen molar-refractivity contribution in [1.29, 1.82) is 0 Å². The second-order valence-electron chi connectivity index (χ2n) is 3.50. The molecule has 1 aromatic heterocycles. The molecule has 0 unspecified atom stereocenters. The van der Waals surface area contributed by atoms with E-state index in [1.165, 1.54) is 0 Å². The molecule has 0 bridgehead atoms. The Kier molecular flexibility index (Phi) is 6.87. The first-order valence-electron chi connectivity index (χ1n) is 5.23. The summed E-state index contributed by atoms with van der Waals surface area (Å²) >= 11 is 13.6. The van der Waals surface area contributed by atoms with Crippen LogP contribution in [0, 0.1) is 0 Å². The molecular weight excluding hydrogens is 309 g/mol. The first-order valence-corrected chi connectivity index (χ1v) is 6.97. The lowest BCUT2D eigenvalue weighted by Gasteiger charge is -2.03. The summed E-state index contributed by atoms with van der Waals surface area (Å²) in [4.78, 5) is 5.42. The lowest BCUT2D eigenvalue weighted by Crippen LogP contribution is -1.91. The molecule has 0 fully saturated rings. The minimum Gasteiger partial charge on any atom is -0.261 e. The summed E-state index contributed by atoms with van der Waals surface area (Å²) in [7, 11) is 0.